The van der Waals surface area contributed by atoms with Gasteiger partial charge >= 0.3 is 0 Å². The Morgan fingerprint density at radius 3 is 2.73 bits per heavy atom. The minimum atomic E-state index is -0.0680. The van der Waals surface area contributed by atoms with E-state index in [9.17, 15) is 4.79 Å². The third-order valence-electron chi connectivity index (χ3n) is 2.48. The zero-order valence-corrected chi connectivity index (χ0v) is 8.63. The molecule has 2 rings (SSSR count). The standard InChI is InChI=1S/C13H13NO/c1-14-10-4-7-12(14)8-9-13(15)11-5-2-3-6-11/h2-11H,1H3/b9-8+. The van der Waals surface area contributed by atoms with Crippen LogP contribution in [0.5, 0.6) is 0 Å². The predicted molar refractivity (Wildman–Crippen MR) is 61.2 cm³/mol. The van der Waals surface area contributed by atoms with E-state index in [2.05, 4.69) is 0 Å². The quantitative estimate of drug-likeness (QED) is 0.685. The number of allylic oxidation sites excluding steroid dienone is 5. The summed E-state index contributed by atoms with van der Waals surface area (Å²) in [6.07, 6.45) is 13.1. The van der Waals surface area contributed by atoms with E-state index in [0.717, 1.165) is 5.69 Å². The van der Waals surface area contributed by atoms with Crippen LogP contribution in [0.15, 0.2) is 48.7 Å². The average Bonchev–Trinajstić information content (AvgIpc) is 2.85. The first-order valence-corrected chi connectivity index (χ1v) is 4.95. The van der Waals surface area contributed by atoms with Crippen molar-refractivity contribution >= 4 is 11.9 Å². The van der Waals surface area contributed by atoms with Crippen LogP contribution in [0, 0.1) is 5.92 Å². The van der Waals surface area contributed by atoms with Crippen molar-refractivity contribution in [3.05, 3.63) is 54.4 Å². The number of ketones is 1. The number of nitrogens with zero attached hydrogens (tertiary/aromatic N) is 1. The smallest absolute Gasteiger partial charge is 0.166 e. The summed E-state index contributed by atoms with van der Waals surface area (Å²) >= 11 is 0. The SMILES string of the molecule is Cn1cccc1/C=C/C(=O)C1C=CC=C1. The number of carbonyl (C=O) groups is 1. The van der Waals surface area contributed by atoms with E-state index in [0.29, 0.717) is 0 Å². The van der Waals surface area contributed by atoms with Gasteiger partial charge in [0.25, 0.3) is 0 Å². The van der Waals surface area contributed by atoms with Crippen LogP contribution in [-0.4, -0.2) is 10.4 Å². The summed E-state index contributed by atoms with van der Waals surface area (Å²) in [5, 5.41) is 0. The molecule has 76 valence electrons. The van der Waals surface area contributed by atoms with Gasteiger partial charge in [0, 0.05) is 18.9 Å². The number of carbonyl (C=O) groups excluding carboxylic acids is 1. The molecule has 0 atom stereocenters. The van der Waals surface area contributed by atoms with Crippen molar-refractivity contribution in [1.82, 2.24) is 4.57 Å². The Bertz CT molecular complexity index is 437. The zero-order valence-electron chi connectivity index (χ0n) is 8.63. The van der Waals surface area contributed by atoms with Crippen LogP contribution in [0.4, 0.5) is 0 Å². The molecule has 0 N–H and O–H groups in total. The van der Waals surface area contributed by atoms with Crippen LogP contribution in [0.25, 0.3) is 6.08 Å². The number of hydrogen-bond acceptors (Lipinski definition) is 1. The lowest BCUT2D eigenvalue weighted by Gasteiger charge is -1.99. The third kappa shape index (κ3) is 2.15. The summed E-state index contributed by atoms with van der Waals surface area (Å²) in [7, 11) is 1.96. The molecule has 0 bridgehead atoms. The van der Waals surface area contributed by atoms with Gasteiger partial charge in [0.05, 0.1) is 5.92 Å². The maximum absolute atomic E-state index is 11.7. The molecule has 1 aliphatic carbocycles. The monoisotopic (exact) mass is 199 g/mol. The lowest BCUT2D eigenvalue weighted by atomic mass is 10.1. The molecule has 0 spiro atoms. The second kappa shape index (κ2) is 4.13. The average molecular weight is 199 g/mol. The van der Waals surface area contributed by atoms with Crippen LogP contribution in [0.2, 0.25) is 0 Å². The predicted octanol–water partition coefficient (Wildman–Crippen LogP) is 2.35. The van der Waals surface area contributed by atoms with Gasteiger partial charge in [0.15, 0.2) is 5.78 Å². The Balaban J connectivity index is 2.06. The van der Waals surface area contributed by atoms with Crippen LogP contribution in [0.1, 0.15) is 5.69 Å². The first kappa shape index (κ1) is 9.71. The summed E-state index contributed by atoms with van der Waals surface area (Å²) in [6.45, 7) is 0. The van der Waals surface area contributed by atoms with Gasteiger partial charge in [-0.1, -0.05) is 24.3 Å². The summed E-state index contributed by atoms with van der Waals surface area (Å²) in [6, 6.07) is 3.93. The lowest BCUT2D eigenvalue weighted by Crippen LogP contribution is -2.04. The van der Waals surface area contributed by atoms with Crippen molar-refractivity contribution in [1.29, 1.82) is 0 Å². The zero-order chi connectivity index (χ0) is 10.7. The topological polar surface area (TPSA) is 22.0 Å². The highest BCUT2D eigenvalue weighted by Crippen LogP contribution is 2.11. The van der Waals surface area contributed by atoms with E-state index in [1.807, 2.05) is 60.3 Å². The summed E-state index contributed by atoms with van der Waals surface area (Å²) < 4.78 is 1.98. The fraction of sp³-hybridized carbons (Fsp3) is 0.154. The minimum Gasteiger partial charge on any atom is -0.351 e. The second-order valence-corrected chi connectivity index (χ2v) is 3.58. The molecule has 0 radical (unpaired) electrons. The Labute approximate surface area is 89.2 Å². The highest BCUT2D eigenvalue weighted by molar-refractivity contribution is 5.97. The molecule has 0 saturated carbocycles. The van der Waals surface area contributed by atoms with Gasteiger partial charge in [-0.2, -0.15) is 0 Å². The first-order valence-electron chi connectivity index (χ1n) is 4.95. The fourth-order valence-electron chi connectivity index (χ4n) is 1.55. The molecule has 0 aliphatic heterocycles. The van der Waals surface area contributed by atoms with Gasteiger partial charge < -0.3 is 4.57 Å². The molecule has 2 heteroatoms. The second-order valence-electron chi connectivity index (χ2n) is 3.58. The van der Waals surface area contributed by atoms with Crippen molar-refractivity contribution in [3.63, 3.8) is 0 Å². The largest absolute Gasteiger partial charge is 0.351 e. The molecule has 1 heterocycles. The van der Waals surface area contributed by atoms with E-state index in [4.69, 9.17) is 0 Å². The van der Waals surface area contributed by atoms with Gasteiger partial charge in [0.2, 0.25) is 0 Å². The van der Waals surface area contributed by atoms with E-state index < -0.39 is 0 Å². The Morgan fingerprint density at radius 2 is 2.13 bits per heavy atom. The molecule has 0 amide bonds. The molecule has 0 unspecified atom stereocenters. The van der Waals surface area contributed by atoms with E-state index >= 15 is 0 Å². The number of rotatable bonds is 3. The highest BCUT2D eigenvalue weighted by atomic mass is 16.1. The van der Waals surface area contributed by atoms with Gasteiger partial charge in [-0.3, -0.25) is 4.79 Å². The molecular formula is C13H13NO. The van der Waals surface area contributed by atoms with Gasteiger partial charge in [-0.05, 0) is 24.3 Å². The van der Waals surface area contributed by atoms with Crippen molar-refractivity contribution in [3.8, 4) is 0 Å². The summed E-state index contributed by atoms with van der Waals surface area (Å²) in [5.41, 5.74) is 1.04. The van der Waals surface area contributed by atoms with Crippen molar-refractivity contribution < 1.29 is 4.79 Å². The fourth-order valence-corrected chi connectivity index (χ4v) is 1.55. The maximum Gasteiger partial charge on any atom is 0.166 e. The molecule has 1 aromatic heterocycles. The normalized spacial score (nSPS) is 15.5. The van der Waals surface area contributed by atoms with Crippen molar-refractivity contribution in [2.45, 2.75) is 0 Å². The molecule has 0 fully saturated rings. The Hall–Kier alpha value is -1.83. The van der Waals surface area contributed by atoms with Crippen molar-refractivity contribution in [2.24, 2.45) is 13.0 Å². The minimum absolute atomic E-state index is 0.0680. The van der Waals surface area contributed by atoms with Gasteiger partial charge in [-0.15, -0.1) is 0 Å². The molecular weight excluding hydrogens is 186 g/mol. The lowest BCUT2D eigenvalue weighted by molar-refractivity contribution is -0.115. The van der Waals surface area contributed by atoms with Crippen LogP contribution >= 0.6 is 0 Å². The van der Waals surface area contributed by atoms with Crippen molar-refractivity contribution in [2.75, 3.05) is 0 Å². The summed E-state index contributed by atoms with van der Waals surface area (Å²) in [4.78, 5) is 11.7. The number of aryl methyl sites for hydroxylation is 1. The highest BCUT2D eigenvalue weighted by Gasteiger charge is 2.10. The van der Waals surface area contributed by atoms with Crippen LogP contribution in [-0.2, 0) is 11.8 Å². The number of aromatic nitrogens is 1. The van der Waals surface area contributed by atoms with E-state index in [1.165, 1.54) is 0 Å². The van der Waals surface area contributed by atoms with E-state index in [-0.39, 0.29) is 11.7 Å². The molecule has 0 aromatic carbocycles. The molecule has 1 aromatic rings. The Morgan fingerprint density at radius 1 is 1.40 bits per heavy atom. The first-order chi connectivity index (χ1) is 7.27. The van der Waals surface area contributed by atoms with Gasteiger partial charge in [-0.25, -0.2) is 0 Å². The molecule has 0 saturated heterocycles. The van der Waals surface area contributed by atoms with Crippen LogP contribution < -0.4 is 0 Å². The van der Waals surface area contributed by atoms with E-state index in [1.54, 1.807) is 6.08 Å². The third-order valence-corrected chi connectivity index (χ3v) is 2.48. The maximum atomic E-state index is 11.7. The van der Waals surface area contributed by atoms with Gasteiger partial charge in [0.1, 0.15) is 0 Å². The molecule has 2 nitrogen and oxygen atoms in total. The number of hydrogen-bond donors (Lipinski definition) is 0. The molecule has 1 aliphatic rings. The van der Waals surface area contributed by atoms with Crippen LogP contribution in [0.3, 0.4) is 0 Å². The molecule has 15 heavy (non-hydrogen) atoms. The Kier molecular flexibility index (Phi) is 2.68. The summed E-state index contributed by atoms with van der Waals surface area (Å²) in [5.74, 6) is 0.0581.